The van der Waals surface area contributed by atoms with Crippen LogP contribution in [0.25, 0.3) is 0 Å². The van der Waals surface area contributed by atoms with E-state index in [0.717, 1.165) is 5.57 Å². The first-order valence-corrected chi connectivity index (χ1v) is 10.6. The number of alkyl halides is 1. The molecular formula is C24H29FO5. The van der Waals surface area contributed by atoms with Crippen molar-refractivity contribution in [3.8, 4) is 0 Å². The van der Waals surface area contributed by atoms with Crippen molar-refractivity contribution in [1.29, 1.82) is 0 Å². The number of allylic oxidation sites excluding steroid dienone is 5. The summed E-state index contributed by atoms with van der Waals surface area (Å²) >= 11 is 0. The maximum Gasteiger partial charge on any atom is 0.303 e. The fourth-order valence-electron chi connectivity index (χ4n) is 6.85. The lowest BCUT2D eigenvalue weighted by atomic mass is 9.43. The van der Waals surface area contributed by atoms with E-state index >= 15 is 4.39 Å². The zero-order valence-electron chi connectivity index (χ0n) is 17.9. The minimum atomic E-state index is -1.92. The SMILES string of the molecule is CC(=O)OCC(=O)C1=CC[C@H]2[C@@H]3C[C@H](C)C4=CC(=O)C=C[C@]4(C)[C@@]3(F)[C@@H](O)C[C@]12C. The van der Waals surface area contributed by atoms with E-state index in [1.165, 1.54) is 19.1 Å². The van der Waals surface area contributed by atoms with E-state index in [1.54, 1.807) is 13.0 Å². The summed E-state index contributed by atoms with van der Waals surface area (Å²) in [5, 5.41) is 11.2. The van der Waals surface area contributed by atoms with Gasteiger partial charge in [-0.15, -0.1) is 0 Å². The Balaban J connectivity index is 1.72. The van der Waals surface area contributed by atoms with Crippen LogP contribution in [0.4, 0.5) is 4.39 Å². The first-order valence-electron chi connectivity index (χ1n) is 10.6. The van der Waals surface area contributed by atoms with Gasteiger partial charge in [-0.3, -0.25) is 14.4 Å². The first kappa shape index (κ1) is 21.2. The molecule has 1 N–H and O–H groups in total. The highest BCUT2D eigenvalue weighted by atomic mass is 19.1. The molecule has 7 atom stereocenters. The molecule has 2 saturated carbocycles. The van der Waals surface area contributed by atoms with Gasteiger partial charge in [0, 0.05) is 29.2 Å². The molecule has 0 unspecified atom stereocenters. The van der Waals surface area contributed by atoms with Crippen molar-refractivity contribution >= 4 is 17.5 Å². The Morgan fingerprint density at radius 3 is 2.67 bits per heavy atom. The second-order valence-electron chi connectivity index (χ2n) is 9.85. The number of hydrogen-bond donors (Lipinski definition) is 1. The minimum absolute atomic E-state index is 0.00637. The molecule has 0 aromatic rings. The molecule has 0 radical (unpaired) electrons. The number of esters is 1. The standard InChI is InChI=1S/C24H29FO5/c1-13-9-19-16-5-6-17(20(28)12-30-14(2)26)22(16,3)11-21(29)24(19,25)23(4)8-7-15(27)10-18(13)23/h6-8,10,13,16,19,21,29H,5,9,11-12H2,1-4H3/t13-,16-,19-,21-,22-,23-,24-/m0/s1. The van der Waals surface area contributed by atoms with Gasteiger partial charge in [-0.05, 0) is 50.2 Å². The van der Waals surface area contributed by atoms with E-state index < -0.39 is 34.5 Å². The molecule has 4 aliphatic rings. The minimum Gasteiger partial charge on any atom is -0.457 e. The first-order chi connectivity index (χ1) is 13.9. The molecule has 162 valence electrons. The van der Waals surface area contributed by atoms with E-state index in [2.05, 4.69) is 0 Å². The van der Waals surface area contributed by atoms with Gasteiger partial charge in [0.1, 0.15) is 0 Å². The van der Waals surface area contributed by atoms with Crippen molar-refractivity contribution < 1.29 is 28.6 Å². The lowest BCUT2D eigenvalue weighted by Crippen LogP contribution is -2.67. The van der Waals surface area contributed by atoms with E-state index in [9.17, 15) is 19.5 Å². The van der Waals surface area contributed by atoms with E-state index in [-0.39, 0.29) is 36.4 Å². The third kappa shape index (κ3) is 2.65. The number of fused-ring (bicyclic) bond motifs is 5. The lowest BCUT2D eigenvalue weighted by Gasteiger charge is -2.63. The van der Waals surface area contributed by atoms with E-state index in [1.807, 2.05) is 19.9 Å². The summed E-state index contributed by atoms with van der Waals surface area (Å²) in [6.07, 6.45) is 6.29. The monoisotopic (exact) mass is 416 g/mol. The fourth-order valence-corrected chi connectivity index (χ4v) is 6.85. The average molecular weight is 416 g/mol. The molecule has 0 aliphatic heterocycles. The summed E-state index contributed by atoms with van der Waals surface area (Å²) < 4.78 is 21.9. The molecule has 0 aromatic heterocycles. The van der Waals surface area contributed by atoms with Crippen molar-refractivity contribution in [2.24, 2.45) is 28.6 Å². The number of rotatable bonds is 3. The largest absolute Gasteiger partial charge is 0.457 e. The summed E-state index contributed by atoms with van der Waals surface area (Å²) in [6, 6.07) is 0. The van der Waals surface area contributed by atoms with E-state index in [0.29, 0.717) is 18.4 Å². The predicted octanol–water partition coefficient (Wildman–Crippen LogP) is 3.27. The van der Waals surface area contributed by atoms with Crippen LogP contribution in [-0.2, 0) is 19.1 Å². The maximum atomic E-state index is 17.0. The Hall–Kier alpha value is -2.08. The van der Waals surface area contributed by atoms with Gasteiger partial charge in [-0.25, -0.2) is 4.39 Å². The highest BCUT2D eigenvalue weighted by molar-refractivity contribution is 6.01. The van der Waals surface area contributed by atoms with Crippen molar-refractivity contribution in [3.63, 3.8) is 0 Å². The highest BCUT2D eigenvalue weighted by Gasteiger charge is 2.70. The zero-order valence-corrected chi connectivity index (χ0v) is 17.9. The summed E-state index contributed by atoms with van der Waals surface area (Å²) in [5.41, 5.74) is -2.39. The van der Waals surface area contributed by atoms with Gasteiger partial charge in [-0.2, -0.15) is 0 Å². The van der Waals surface area contributed by atoms with Gasteiger partial charge in [0.2, 0.25) is 0 Å². The Bertz CT molecular complexity index is 917. The molecule has 0 heterocycles. The summed E-state index contributed by atoms with van der Waals surface area (Å²) in [4.78, 5) is 35.9. The van der Waals surface area contributed by atoms with Gasteiger partial charge in [0.05, 0.1) is 6.10 Å². The number of aliphatic hydroxyl groups is 1. The molecule has 0 amide bonds. The summed E-state index contributed by atoms with van der Waals surface area (Å²) in [6.45, 7) is 6.62. The smallest absolute Gasteiger partial charge is 0.303 e. The van der Waals surface area contributed by atoms with Gasteiger partial charge in [-0.1, -0.05) is 31.6 Å². The second kappa shape index (κ2) is 6.71. The van der Waals surface area contributed by atoms with Crippen molar-refractivity contribution in [2.75, 3.05) is 6.61 Å². The van der Waals surface area contributed by atoms with Crippen LogP contribution >= 0.6 is 0 Å². The Morgan fingerprint density at radius 1 is 1.30 bits per heavy atom. The van der Waals surface area contributed by atoms with Crippen LogP contribution in [0.2, 0.25) is 0 Å². The summed E-state index contributed by atoms with van der Waals surface area (Å²) in [5.74, 6) is -1.57. The van der Waals surface area contributed by atoms with Crippen molar-refractivity contribution in [2.45, 2.75) is 58.7 Å². The quantitative estimate of drug-likeness (QED) is 0.714. The second-order valence-corrected chi connectivity index (χ2v) is 9.85. The molecule has 30 heavy (non-hydrogen) atoms. The molecule has 0 bridgehead atoms. The summed E-state index contributed by atoms with van der Waals surface area (Å²) in [7, 11) is 0. The van der Waals surface area contributed by atoms with Gasteiger partial charge in [0.25, 0.3) is 0 Å². The number of ether oxygens (including phenoxy) is 1. The van der Waals surface area contributed by atoms with Crippen LogP contribution in [0.15, 0.2) is 35.5 Å². The zero-order chi connectivity index (χ0) is 22.1. The Labute approximate surface area is 176 Å². The maximum absolute atomic E-state index is 17.0. The van der Waals surface area contributed by atoms with Gasteiger partial charge >= 0.3 is 5.97 Å². The fraction of sp³-hybridized carbons (Fsp3) is 0.625. The third-order valence-corrected chi connectivity index (χ3v) is 8.26. The Kier molecular flexibility index (Phi) is 4.73. The molecule has 0 aromatic carbocycles. The topological polar surface area (TPSA) is 80.7 Å². The number of carbonyl (C=O) groups is 3. The van der Waals surface area contributed by atoms with Crippen molar-refractivity contribution in [3.05, 3.63) is 35.5 Å². The number of carbonyl (C=O) groups excluding carboxylic acids is 3. The normalized spacial score (nSPS) is 44.4. The Morgan fingerprint density at radius 2 is 2.00 bits per heavy atom. The average Bonchev–Trinajstić information content (AvgIpc) is 3.00. The van der Waals surface area contributed by atoms with Crippen LogP contribution in [-0.4, -0.2) is 41.0 Å². The molecule has 4 aliphatic carbocycles. The lowest BCUT2D eigenvalue weighted by molar-refractivity contribution is -0.191. The van der Waals surface area contributed by atoms with Crippen LogP contribution < -0.4 is 0 Å². The van der Waals surface area contributed by atoms with Gasteiger partial charge < -0.3 is 9.84 Å². The molecule has 5 nitrogen and oxygen atoms in total. The van der Waals surface area contributed by atoms with Crippen LogP contribution in [0, 0.1) is 28.6 Å². The van der Waals surface area contributed by atoms with Crippen molar-refractivity contribution in [1.82, 2.24) is 0 Å². The number of halogens is 1. The molecule has 2 fully saturated rings. The third-order valence-electron chi connectivity index (χ3n) is 8.26. The van der Waals surface area contributed by atoms with E-state index in [4.69, 9.17) is 4.74 Å². The number of aliphatic hydroxyl groups excluding tert-OH is 1. The van der Waals surface area contributed by atoms with Crippen LogP contribution in [0.3, 0.4) is 0 Å². The number of Topliss-reactive ketones (excluding diaryl/α,β-unsaturated/α-hetero) is 1. The molecule has 4 rings (SSSR count). The molecule has 0 saturated heterocycles. The number of ketones is 2. The van der Waals surface area contributed by atoms with Crippen LogP contribution in [0.5, 0.6) is 0 Å². The predicted molar refractivity (Wildman–Crippen MR) is 108 cm³/mol. The van der Waals surface area contributed by atoms with Gasteiger partial charge in [0.15, 0.2) is 23.8 Å². The highest BCUT2D eigenvalue weighted by Crippen LogP contribution is 2.68. The molecule has 0 spiro atoms. The molecule has 6 heteroatoms. The van der Waals surface area contributed by atoms with Crippen LogP contribution in [0.1, 0.15) is 47.0 Å². The number of hydrogen-bond acceptors (Lipinski definition) is 5. The molecular weight excluding hydrogens is 387 g/mol.